The number of nitrogens with one attached hydrogen (secondary N) is 1. The van der Waals surface area contributed by atoms with Gasteiger partial charge in [0, 0.05) is 44.2 Å². The smallest absolute Gasteiger partial charge is 0.153 e. The molecule has 51 heavy (non-hydrogen) atoms. The summed E-state index contributed by atoms with van der Waals surface area (Å²) in [5.41, 5.74) is 11.7. The van der Waals surface area contributed by atoms with Crippen molar-refractivity contribution in [1.29, 1.82) is 0 Å². The number of fused-ring (bicyclic) bond motifs is 7. The van der Waals surface area contributed by atoms with Crippen LogP contribution >= 0.6 is 0 Å². The maximum atomic E-state index is 5.35. The van der Waals surface area contributed by atoms with Crippen LogP contribution in [-0.2, 0) is 5.66 Å². The van der Waals surface area contributed by atoms with E-state index >= 15 is 0 Å². The van der Waals surface area contributed by atoms with Crippen LogP contribution in [0.25, 0.3) is 60.7 Å². The van der Waals surface area contributed by atoms with E-state index in [1.54, 1.807) is 0 Å². The Bertz CT molecular complexity index is 2810. The number of aromatic nitrogens is 2. The molecule has 3 heterocycles. The molecule has 0 spiro atoms. The summed E-state index contributed by atoms with van der Waals surface area (Å²) in [6.07, 6.45) is 2.18. The van der Waals surface area contributed by atoms with Crippen molar-refractivity contribution in [2.75, 3.05) is 0 Å². The molecule has 0 fully saturated rings. The minimum Gasteiger partial charge on any atom is -0.357 e. The highest BCUT2D eigenvalue weighted by atomic mass is 15.2. The van der Waals surface area contributed by atoms with E-state index in [9.17, 15) is 0 Å². The molecular weight excluding hydrogens is 621 g/mol. The molecule has 0 bridgehead atoms. The van der Waals surface area contributed by atoms with E-state index in [0.29, 0.717) is 0 Å². The first-order valence-electron chi connectivity index (χ1n) is 17.5. The minimum absolute atomic E-state index is 0.627. The van der Waals surface area contributed by atoms with Crippen molar-refractivity contribution in [3.05, 3.63) is 199 Å². The Kier molecular flexibility index (Phi) is 6.58. The summed E-state index contributed by atoms with van der Waals surface area (Å²) in [6, 6.07) is 62.8. The summed E-state index contributed by atoms with van der Waals surface area (Å²) in [6.45, 7) is 2.15. The van der Waals surface area contributed by atoms with Gasteiger partial charge in [0.15, 0.2) is 5.66 Å². The van der Waals surface area contributed by atoms with Crippen LogP contribution in [0.2, 0.25) is 0 Å². The van der Waals surface area contributed by atoms with E-state index in [1.807, 2.05) is 0 Å². The van der Waals surface area contributed by atoms with Gasteiger partial charge >= 0.3 is 0 Å². The van der Waals surface area contributed by atoms with Gasteiger partial charge in [-0.1, -0.05) is 140 Å². The topological polar surface area (TPSA) is 34.2 Å². The highest BCUT2D eigenvalue weighted by molar-refractivity contribution is 6.24. The van der Waals surface area contributed by atoms with Crippen LogP contribution in [0.4, 0.5) is 0 Å². The zero-order valence-corrected chi connectivity index (χ0v) is 28.2. The number of aliphatic imine (C=N–C) groups is 1. The minimum atomic E-state index is -0.627. The second kappa shape index (κ2) is 11.5. The molecule has 4 nitrogen and oxygen atoms in total. The van der Waals surface area contributed by atoms with Crippen molar-refractivity contribution < 1.29 is 0 Å². The number of nitrogens with zero attached hydrogens (tertiary/aromatic N) is 3. The fourth-order valence-electron chi connectivity index (χ4n) is 7.95. The lowest BCUT2D eigenvalue weighted by Gasteiger charge is -2.34. The van der Waals surface area contributed by atoms with E-state index in [-0.39, 0.29) is 0 Å². The van der Waals surface area contributed by atoms with Gasteiger partial charge in [-0.05, 0) is 60.5 Å². The number of rotatable bonds is 5. The molecule has 10 rings (SSSR count). The molecule has 7 aromatic carbocycles. The molecule has 1 aliphatic rings. The first-order valence-corrected chi connectivity index (χ1v) is 17.5. The van der Waals surface area contributed by atoms with Crippen LogP contribution in [-0.4, -0.2) is 14.8 Å². The summed E-state index contributed by atoms with van der Waals surface area (Å²) in [7, 11) is 0. The maximum Gasteiger partial charge on any atom is 0.153 e. The third-order valence-corrected chi connectivity index (χ3v) is 10.3. The number of benzene rings is 7. The molecule has 1 aliphatic heterocycles. The monoisotopic (exact) mass is 654 g/mol. The van der Waals surface area contributed by atoms with Gasteiger partial charge in [0.1, 0.15) is 0 Å². The average molecular weight is 655 g/mol. The van der Waals surface area contributed by atoms with Crippen LogP contribution in [0.1, 0.15) is 23.6 Å². The Labute approximate surface area is 296 Å². The Hall–Kier alpha value is -6.65. The third-order valence-electron chi connectivity index (χ3n) is 10.3. The van der Waals surface area contributed by atoms with Crippen LogP contribution in [0.15, 0.2) is 187 Å². The Morgan fingerprint density at radius 3 is 1.53 bits per heavy atom. The summed E-state index contributed by atoms with van der Waals surface area (Å²) >= 11 is 0. The SMILES string of the molecule is C[C@]1(c2ccccc2)N=C(c2ccc(-n3c4ccccc4c4ccc5c6ccccc6n(-c6ccccc6)c5c43)cc2)C=C(c2ccccc2)N1. The lowest BCUT2D eigenvalue weighted by Crippen LogP contribution is -2.40. The zero-order valence-electron chi connectivity index (χ0n) is 28.2. The number of allylic oxidation sites excluding steroid dienone is 1. The fraction of sp³-hybridized carbons (Fsp3) is 0.0426. The van der Waals surface area contributed by atoms with Crippen molar-refractivity contribution in [3.63, 3.8) is 0 Å². The average Bonchev–Trinajstić information content (AvgIpc) is 3.72. The first kappa shape index (κ1) is 29.3. The maximum absolute atomic E-state index is 5.35. The summed E-state index contributed by atoms with van der Waals surface area (Å²) in [5, 5.41) is 8.71. The van der Waals surface area contributed by atoms with Crippen molar-refractivity contribution >= 4 is 55.0 Å². The van der Waals surface area contributed by atoms with Crippen LogP contribution in [0.3, 0.4) is 0 Å². The lowest BCUT2D eigenvalue weighted by atomic mass is 9.95. The van der Waals surface area contributed by atoms with E-state index < -0.39 is 5.66 Å². The van der Waals surface area contributed by atoms with Crippen LogP contribution in [0.5, 0.6) is 0 Å². The second-order valence-corrected chi connectivity index (χ2v) is 13.4. The molecule has 0 radical (unpaired) electrons. The zero-order chi connectivity index (χ0) is 33.9. The molecule has 1 N–H and O–H groups in total. The Balaban J connectivity index is 1.20. The first-order chi connectivity index (χ1) is 25.2. The van der Waals surface area contributed by atoms with Crippen molar-refractivity contribution in [3.8, 4) is 11.4 Å². The van der Waals surface area contributed by atoms with E-state index in [4.69, 9.17) is 4.99 Å². The molecule has 0 unspecified atom stereocenters. The van der Waals surface area contributed by atoms with Crippen molar-refractivity contribution in [2.24, 2.45) is 4.99 Å². The molecule has 1 atom stereocenters. The summed E-state index contributed by atoms with van der Waals surface area (Å²) < 4.78 is 4.87. The fourth-order valence-corrected chi connectivity index (χ4v) is 7.95. The number of para-hydroxylation sites is 3. The standard InChI is InChI=1S/C47H34N4/c1-47(34-17-7-3-8-18-34)48-41(32-15-5-2-6-16-32)31-42(49-47)33-25-27-36(28-26-33)51-44-24-14-12-22-38(44)40-30-29-39-37-21-11-13-23-43(37)50(45(39)46(40)51)35-19-9-4-10-20-35/h2-31,48H,1H3/t47-/m1/s1. The van der Waals surface area contributed by atoms with Gasteiger partial charge in [-0.15, -0.1) is 0 Å². The molecule has 0 aliphatic carbocycles. The molecule has 0 saturated carbocycles. The normalized spacial score (nSPS) is 16.0. The van der Waals surface area contributed by atoms with Crippen LogP contribution < -0.4 is 5.32 Å². The molecule has 0 saturated heterocycles. The second-order valence-electron chi connectivity index (χ2n) is 13.4. The van der Waals surface area contributed by atoms with Gasteiger partial charge < -0.3 is 14.5 Å². The van der Waals surface area contributed by atoms with Crippen molar-refractivity contribution in [1.82, 2.24) is 14.5 Å². The Morgan fingerprint density at radius 1 is 0.451 bits per heavy atom. The molecule has 2 aromatic heterocycles. The van der Waals surface area contributed by atoms with Gasteiger partial charge in [0.05, 0.1) is 27.8 Å². The lowest BCUT2D eigenvalue weighted by molar-refractivity contribution is 0.447. The van der Waals surface area contributed by atoms with Gasteiger partial charge in [-0.2, -0.15) is 0 Å². The van der Waals surface area contributed by atoms with Gasteiger partial charge in [0.25, 0.3) is 0 Å². The highest BCUT2D eigenvalue weighted by Gasteiger charge is 2.31. The Morgan fingerprint density at radius 2 is 0.941 bits per heavy atom. The van der Waals surface area contributed by atoms with Crippen molar-refractivity contribution in [2.45, 2.75) is 12.6 Å². The predicted molar refractivity (Wildman–Crippen MR) is 213 cm³/mol. The largest absolute Gasteiger partial charge is 0.357 e. The molecule has 0 amide bonds. The molecule has 242 valence electrons. The molecule has 9 aromatic rings. The quantitative estimate of drug-likeness (QED) is 0.197. The number of hydrogen-bond donors (Lipinski definition) is 1. The van der Waals surface area contributed by atoms with Gasteiger partial charge in [-0.25, -0.2) is 0 Å². The summed E-state index contributed by atoms with van der Waals surface area (Å²) in [5.74, 6) is 0. The van der Waals surface area contributed by atoms with E-state index in [1.165, 1.54) is 43.6 Å². The van der Waals surface area contributed by atoms with Gasteiger partial charge in [0.2, 0.25) is 0 Å². The van der Waals surface area contributed by atoms with Gasteiger partial charge in [-0.3, -0.25) is 4.99 Å². The van der Waals surface area contributed by atoms with Crippen LogP contribution in [0, 0.1) is 0 Å². The predicted octanol–water partition coefficient (Wildman–Crippen LogP) is 11.2. The van der Waals surface area contributed by atoms with E-state index in [0.717, 1.165) is 39.5 Å². The molecule has 4 heteroatoms. The highest BCUT2D eigenvalue weighted by Crippen LogP contribution is 2.41. The summed E-state index contributed by atoms with van der Waals surface area (Å²) in [4.78, 5) is 5.35. The number of hydrogen-bond acceptors (Lipinski definition) is 2. The third kappa shape index (κ3) is 4.64. The molecular formula is C47H34N4. The van der Waals surface area contributed by atoms with E-state index in [2.05, 4.69) is 203 Å².